The first-order chi connectivity index (χ1) is 10.2. The number of aryl methyl sites for hydroxylation is 1. The predicted molar refractivity (Wildman–Crippen MR) is 84.5 cm³/mol. The number of aromatic hydroxyl groups is 2. The van der Waals surface area contributed by atoms with Gasteiger partial charge in [0.25, 0.3) is 0 Å². The van der Waals surface area contributed by atoms with E-state index < -0.39 is 0 Å². The third kappa shape index (κ3) is 2.31. The molecule has 3 aromatic rings. The maximum atomic E-state index is 10.4. The molecule has 0 spiro atoms. The summed E-state index contributed by atoms with van der Waals surface area (Å²) in [4.78, 5) is 4.41. The molecule has 106 valence electrons. The van der Waals surface area contributed by atoms with Crippen LogP contribution in [0.15, 0.2) is 48.7 Å². The van der Waals surface area contributed by atoms with E-state index in [1.54, 1.807) is 12.3 Å². The third-order valence-corrected chi connectivity index (χ3v) is 3.66. The van der Waals surface area contributed by atoms with Crippen LogP contribution in [0.1, 0.15) is 18.9 Å². The highest BCUT2D eigenvalue weighted by Crippen LogP contribution is 2.42. The molecule has 21 heavy (non-hydrogen) atoms. The van der Waals surface area contributed by atoms with E-state index in [1.165, 1.54) is 0 Å². The fourth-order valence-corrected chi connectivity index (χ4v) is 2.65. The SMILES string of the molecule is CCCc1cccnc1-c1cc2ccccc2c(O)c1O. The number of nitrogens with zero attached hydrogens (tertiary/aromatic N) is 1. The van der Waals surface area contributed by atoms with Gasteiger partial charge < -0.3 is 10.2 Å². The number of rotatable bonds is 3. The van der Waals surface area contributed by atoms with Crippen LogP contribution in [0.4, 0.5) is 0 Å². The van der Waals surface area contributed by atoms with Crippen molar-refractivity contribution in [3.63, 3.8) is 0 Å². The first-order valence-corrected chi connectivity index (χ1v) is 7.10. The molecule has 3 rings (SSSR count). The zero-order chi connectivity index (χ0) is 14.8. The molecule has 0 aliphatic rings. The molecular weight excluding hydrogens is 262 g/mol. The number of phenols is 2. The van der Waals surface area contributed by atoms with E-state index >= 15 is 0 Å². The van der Waals surface area contributed by atoms with Gasteiger partial charge in [0.15, 0.2) is 11.5 Å². The van der Waals surface area contributed by atoms with Crippen LogP contribution in [0.5, 0.6) is 11.5 Å². The van der Waals surface area contributed by atoms with Crippen LogP contribution < -0.4 is 0 Å². The van der Waals surface area contributed by atoms with Gasteiger partial charge in [-0.1, -0.05) is 43.7 Å². The summed E-state index contributed by atoms with van der Waals surface area (Å²) in [6, 6.07) is 13.2. The molecule has 0 saturated carbocycles. The van der Waals surface area contributed by atoms with Crippen molar-refractivity contribution in [1.29, 1.82) is 0 Å². The molecule has 2 N–H and O–H groups in total. The molecule has 1 heterocycles. The lowest BCUT2D eigenvalue weighted by Crippen LogP contribution is -1.93. The standard InChI is InChI=1S/C18H17NO2/c1-2-6-12-8-5-10-19-16(12)15-11-13-7-3-4-9-14(13)17(20)18(15)21/h3-5,7-11,20-21H,2,6H2,1H3. The Balaban J connectivity index is 2.28. The zero-order valence-electron chi connectivity index (χ0n) is 11.9. The van der Waals surface area contributed by atoms with Crippen molar-refractivity contribution in [1.82, 2.24) is 4.98 Å². The molecule has 0 bridgehead atoms. The molecule has 0 aliphatic carbocycles. The van der Waals surface area contributed by atoms with Crippen LogP contribution in [-0.2, 0) is 6.42 Å². The van der Waals surface area contributed by atoms with Crippen LogP contribution in [0.3, 0.4) is 0 Å². The van der Waals surface area contributed by atoms with E-state index in [0.717, 1.165) is 29.5 Å². The molecule has 0 atom stereocenters. The van der Waals surface area contributed by atoms with Crippen molar-refractivity contribution in [3.05, 3.63) is 54.2 Å². The minimum Gasteiger partial charge on any atom is -0.504 e. The van der Waals surface area contributed by atoms with Crippen LogP contribution in [0, 0.1) is 0 Å². The topological polar surface area (TPSA) is 53.4 Å². The molecule has 1 aromatic heterocycles. The van der Waals surface area contributed by atoms with Crippen LogP contribution >= 0.6 is 0 Å². The predicted octanol–water partition coefficient (Wildman–Crippen LogP) is 4.27. The van der Waals surface area contributed by atoms with E-state index in [4.69, 9.17) is 0 Å². The number of pyridine rings is 1. The molecule has 3 heteroatoms. The Bertz CT molecular complexity index is 796. The Morgan fingerprint density at radius 3 is 2.62 bits per heavy atom. The summed E-state index contributed by atoms with van der Waals surface area (Å²) >= 11 is 0. The van der Waals surface area contributed by atoms with Crippen LogP contribution in [-0.4, -0.2) is 15.2 Å². The van der Waals surface area contributed by atoms with Gasteiger partial charge in [-0.25, -0.2) is 0 Å². The maximum absolute atomic E-state index is 10.4. The van der Waals surface area contributed by atoms with Gasteiger partial charge in [0.2, 0.25) is 0 Å². The molecule has 2 aromatic carbocycles. The summed E-state index contributed by atoms with van der Waals surface area (Å²) in [6.07, 6.45) is 3.59. The van der Waals surface area contributed by atoms with E-state index in [-0.39, 0.29) is 11.5 Å². The maximum Gasteiger partial charge on any atom is 0.167 e. The van der Waals surface area contributed by atoms with Gasteiger partial charge in [-0.2, -0.15) is 0 Å². The molecule has 0 aliphatic heterocycles. The lowest BCUT2D eigenvalue weighted by molar-refractivity contribution is 0.409. The van der Waals surface area contributed by atoms with Crippen molar-refractivity contribution < 1.29 is 10.2 Å². The second-order valence-corrected chi connectivity index (χ2v) is 5.10. The van der Waals surface area contributed by atoms with Gasteiger partial charge in [-0.15, -0.1) is 0 Å². The number of hydrogen-bond acceptors (Lipinski definition) is 3. The largest absolute Gasteiger partial charge is 0.504 e. The van der Waals surface area contributed by atoms with Crippen LogP contribution in [0.2, 0.25) is 0 Å². The van der Waals surface area contributed by atoms with Crippen molar-refractivity contribution in [2.45, 2.75) is 19.8 Å². The minimum absolute atomic E-state index is 0.0869. The van der Waals surface area contributed by atoms with Crippen molar-refractivity contribution in [2.75, 3.05) is 0 Å². The highest BCUT2D eigenvalue weighted by atomic mass is 16.3. The highest BCUT2D eigenvalue weighted by molar-refractivity contribution is 5.96. The first kappa shape index (κ1) is 13.4. The molecular formula is C18H17NO2. The van der Waals surface area contributed by atoms with Gasteiger partial charge in [0, 0.05) is 17.1 Å². The molecule has 0 saturated heterocycles. The number of phenolic OH excluding ortho intramolecular Hbond substituents is 2. The lowest BCUT2D eigenvalue weighted by Gasteiger charge is -2.12. The van der Waals surface area contributed by atoms with E-state index in [0.29, 0.717) is 10.9 Å². The Labute approximate surface area is 123 Å². The normalized spacial score (nSPS) is 10.9. The molecule has 0 unspecified atom stereocenters. The number of hydrogen-bond donors (Lipinski definition) is 2. The number of fused-ring (bicyclic) bond motifs is 1. The monoisotopic (exact) mass is 279 g/mol. The summed E-state index contributed by atoms with van der Waals surface area (Å²) in [7, 11) is 0. The minimum atomic E-state index is -0.107. The first-order valence-electron chi connectivity index (χ1n) is 7.10. The van der Waals surface area contributed by atoms with E-state index in [9.17, 15) is 10.2 Å². The Morgan fingerprint density at radius 1 is 1.00 bits per heavy atom. The smallest absolute Gasteiger partial charge is 0.167 e. The molecule has 0 fully saturated rings. The summed E-state index contributed by atoms with van der Waals surface area (Å²) in [6.45, 7) is 2.11. The Morgan fingerprint density at radius 2 is 1.81 bits per heavy atom. The molecule has 0 amide bonds. The van der Waals surface area contributed by atoms with E-state index in [2.05, 4.69) is 11.9 Å². The second-order valence-electron chi connectivity index (χ2n) is 5.10. The Hall–Kier alpha value is -2.55. The zero-order valence-corrected chi connectivity index (χ0v) is 11.9. The summed E-state index contributed by atoms with van der Waals surface area (Å²) < 4.78 is 0. The number of aromatic nitrogens is 1. The van der Waals surface area contributed by atoms with Crippen molar-refractivity contribution in [3.8, 4) is 22.8 Å². The van der Waals surface area contributed by atoms with Crippen molar-refractivity contribution in [2.24, 2.45) is 0 Å². The molecule has 3 nitrogen and oxygen atoms in total. The van der Waals surface area contributed by atoms with E-state index in [1.807, 2.05) is 36.4 Å². The highest BCUT2D eigenvalue weighted by Gasteiger charge is 2.16. The summed E-state index contributed by atoms with van der Waals surface area (Å²) in [5, 5.41) is 22.1. The van der Waals surface area contributed by atoms with Crippen molar-refractivity contribution >= 4 is 10.8 Å². The van der Waals surface area contributed by atoms with Gasteiger partial charge in [0.1, 0.15) is 0 Å². The fraction of sp³-hybridized carbons (Fsp3) is 0.167. The third-order valence-electron chi connectivity index (χ3n) is 3.66. The van der Waals surface area contributed by atoms with Crippen LogP contribution in [0.25, 0.3) is 22.0 Å². The fourth-order valence-electron chi connectivity index (χ4n) is 2.65. The van der Waals surface area contributed by atoms with Gasteiger partial charge in [0.05, 0.1) is 5.69 Å². The Kier molecular flexibility index (Phi) is 3.48. The quantitative estimate of drug-likeness (QED) is 0.704. The summed E-state index contributed by atoms with van der Waals surface area (Å²) in [5.41, 5.74) is 2.39. The lowest BCUT2D eigenvalue weighted by atomic mass is 9.98. The number of benzene rings is 2. The van der Waals surface area contributed by atoms with Gasteiger partial charge >= 0.3 is 0 Å². The molecule has 0 radical (unpaired) electrons. The average Bonchev–Trinajstić information content (AvgIpc) is 2.52. The summed E-state index contributed by atoms with van der Waals surface area (Å²) in [5.74, 6) is -0.194. The second kappa shape index (κ2) is 5.44. The van der Waals surface area contributed by atoms with Gasteiger partial charge in [-0.05, 0) is 29.5 Å². The van der Waals surface area contributed by atoms with Gasteiger partial charge in [-0.3, -0.25) is 4.98 Å². The average molecular weight is 279 g/mol.